The number of nitrogens with zero attached hydrogens (tertiary/aromatic N) is 3. The Bertz CT molecular complexity index is 1020. The maximum Gasteiger partial charge on any atom is 0.243 e. The minimum absolute atomic E-state index is 0.0855. The van der Waals surface area contributed by atoms with Crippen molar-refractivity contribution in [3.63, 3.8) is 0 Å². The van der Waals surface area contributed by atoms with Crippen molar-refractivity contribution in [2.45, 2.75) is 37.6 Å². The summed E-state index contributed by atoms with van der Waals surface area (Å²) in [6.07, 6.45) is 1.59. The molecule has 30 heavy (non-hydrogen) atoms. The van der Waals surface area contributed by atoms with Gasteiger partial charge in [0.1, 0.15) is 0 Å². The summed E-state index contributed by atoms with van der Waals surface area (Å²) in [5.41, 5.74) is 3.25. The van der Waals surface area contributed by atoms with Crippen LogP contribution in [0.1, 0.15) is 24.5 Å². The second-order valence-corrected chi connectivity index (χ2v) is 10.2. The molecule has 4 rings (SSSR count). The quantitative estimate of drug-likeness (QED) is 0.753. The van der Waals surface area contributed by atoms with Crippen LogP contribution in [0.25, 0.3) is 0 Å². The third kappa shape index (κ3) is 4.15. The number of para-hydroxylation sites is 1. The fraction of sp³-hybridized carbons (Fsp3) is 0.435. The van der Waals surface area contributed by atoms with Crippen LogP contribution in [-0.4, -0.2) is 62.3 Å². The van der Waals surface area contributed by atoms with Gasteiger partial charge in [-0.1, -0.05) is 35.9 Å². The molecule has 0 aromatic heterocycles. The van der Waals surface area contributed by atoms with Gasteiger partial charge in [-0.3, -0.25) is 9.69 Å². The summed E-state index contributed by atoms with van der Waals surface area (Å²) >= 11 is 0. The number of aryl methyl sites for hydroxylation is 1. The van der Waals surface area contributed by atoms with Crippen LogP contribution in [0.2, 0.25) is 0 Å². The number of carbonyl (C=O) groups excluding carboxylic acids is 1. The van der Waals surface area contributed by atoms with E-state index in [4.69, 9.17) is 0 Å². The third-order valence-electron chi connectivity index (χ3n) is 6.04. The maximum atomic E-state index is 13.1. The summed E-state index contributed by atoms with van der Waals surface area (Å²) in [5, 5.41) is 0. The lowest BCUT2D eigenvalue weighted by Crippen LogP contribution is -2.44. The molecule has 7 heteroatoms. The summed E-state index contributed by atoms with van der Waals surface area (Å²) < 4.78 is 27.6. The highest BCUT2D eigenvalue weighted by atomic mass is 32.2. The largest absolute Gasteiger partial charge is 0.308 e. The van der Waals surface area contributed by atoms with Crippen LogP contribution < -0.4 is 4.90 Å². The summed E-state index contributed by atoms with van der Waals surface area (Å²) in [5.74, 6) is 0.0855. The summed E-state index contributed by atoms with van der Waals surface area (Å²) in [4.78, 5) is 17.4. The minimum atomic E-state index is -3.51. The van der Waals surface area contributed by atoms with Crippen molar-refractivity contribution in [1.29, 1.82) is 0 Å². The van der Waals surface area contributed by atoms with E-state index < -0.39 is 10.0 Å². The van der Waals surface area contributed by atoms with Crippen LogP contribution in [0.3, 0.4) is 0 Å². The molecule has 2 aliphatic heterocycles. The van der Waals surface area contributed by atoms with E-state index in [9.17, 15) is 13.2 Å². The maximum absolute atomic E-state index is 13.1. The smallest absolute Gasteiger partial charge is 0.243 e. The van der Waals surface area contributed by atoms with Crippen molar-refractivity contribution < 1.29 is 13.2 Å². The van der Waals surface area contributed by atoms with E-state index in [-0.39, 0.29) is 11.9 Å². The van der Waals surface area contributed by atoms with E-state index in [1.54, 1.807) is 16.4 Å². The molecule has 0 radical (unpaired) electrons. The Kier molecular flexibility index (Phi) is 5.95. The first-order chi connectivity index (χ1) is 14.4. The summed E-state index contributed by atoms with van der Waals surface area (Å²) in [6, 6.07) is 15.2. The van der Waals surface area contributed by atoms with E-state index in [2.05, 4.69) is 17.9 Å². The van der Waals surface area contributed by atoms with Gasteiger partial charge < -0.3 is 4.90 Å². The summed E-state index contributed by atoms with van der Waals surface area (Å²) in [7, 11) is -3.51. The number of sulfonamides is 1. The highest BCUT2D eigenvalue weighted by Gasteiger charge is 2.32. The number of carbonyl (C=O) groups is 1. The van der Waals surface area contributed by atoms with Gasteiger partial charge in [0.05, 0.1) is 11.4 Å². The van der Waals surface area contributed by atoms with Crippen LogP contribution in [0.15, 0.2) is 53.4 Å². The Labute approximate surface area is 179 Å². The number of benzene rings is 2. The zero-order chi connectivity index (χ0) is 21.3. The molecule has 1 saturated heterocycles. The number of rotatable bonds is 4. The molecule has 0 N–H and O–H groups in total. The van der Waals surface area contributed by atoms with Crippen molar-refractivity contribution in [3.8, 4) is 0 Å². The average Bonchev–Trinajstić information content (AvgIpc) is 2.88. The minimum Gasteiger partial charge on any atom is -0.308 e. The molecule has 1 amide bonds. The van der Waals surface area contributed by atoms with Crippen molar-refractivity contribution in [2.75, 3.05) is 37.6 Å². The lowest BCUT2D eigenvalue weighted by Gasteiger charge is -2.27. The number of hydrogen-bond acceptors (Lipinski definition) is 4. The fourth-order valence-electron chi connectivity index (χ4n) is 4.42. The topological polar surface area (TPSA) is 60.9 Å². The molecule has 160 valence electrons. The molecule has 6 nitrogen and oxygen atoms in total. The Morgan fingerprint density at radius 1 is 1.00 bits per heavy atom. The molecular weight excluding hydrogens is 398 g/mol. The Morgan fingerprint density at radius 2 is 1.73 bits per heavy atom. The first-order valence-corrected chi connectivity index (χ1v) is 12.0. The normalized spacial score (nSPS) is 20.7. The SMILES string of the molecule is Cc1ccc(S(=O)(=O)N2CCCN(CC(=O)N3c4ccccc4CC3C)CC2)cc1. The Hall–Kier alpha value is -2.22. The molecule has 2 heterocycles. The van der Waals surface area contributed by atoms with E-state index in [0.717, 1.165) is 24.2 Å². The standard InChI is InChI=1S/C23H29N3O3S/c1-18-8-10-21(11-9-18)30(28,29)25-13-5-12-24(14-15-25)17-23(27)26-19(2)16-20-6-3-4-7-22(20)26/h3-4,6-11,19H,5,12-17H2,1-2H3. The second-order valence-electron chi connectivity index (χ2n) is 8.29. The van der Waals surface area contributed by atoms with Gasteiger partial charge in [-0.25, -0.2) is 8.42 Å². The number of anilines is 1. The van der Waals surface area contributed by atoms with Gasteiger partial charge in [-0.15, -0.1) is 0 Å². The molecule has 0 aliphatic carbocycles. The van der Waals surface area contributed by atoms with Gasteiger partial charge in [0.15, 0.2) is 0 Å². The van der Waals surface area contributed by atoms with Crippen molar-refractivity contribution >= 4 is 21.6 Å². The molecular formula is C23H29N3O3S. The van der Waals surface area contributed by atoms with Crippen molar-refractivity contribution in [3.05, 3.63) is 59.7 Å². The van der Waals surface area contributed by atoms with Gasteiger partial charge in [-0.2, -0.15) is 4.31 Å². The third-order valence-corrected chi connectivity index (χ3v) is 7.95. The van der Waals surface area contributed by atoms with Crippen LogP contribution in [0.4, 0.5) is 5.69 Å². The van der Waals surface area contributed by atoms with Crippen LogP contribution >= 0.6 is 0 Å². The van der Waals surface area contributed by atoms with Crippen LogP contribution in [0.5, 0.6) is 0 Å². The average molecular weight is 428 g/mol. The number of fused-ring (bicyclic) bond motifs is 1. The summed E-state index contributed by atoms with van der Waals surface area (Å²) in [6.45, 7) is 6.49. The predicted octanol–water partition coefficient (Wildman–Crippen LogP) is 2.67. The fourth-order valence-corrected chi connectivity index (χ4v) is 5.89. The van der Waals surface area contributed by atoms with Crippen LogP contribution in [-0.2, 0) is 21.2 Å². The first-order valence-electron chi connectivity index (χ1n) is 10.6. The Balaban J connectivity index is 1.41. The van der Waals surface area contributed by atoms with Gasteiger partial charge in [0.2, 0.25) is 15.9 Å². The van der Waals surface area contributed by atoms with Crippen molar-refractivity contribution in [1.82, 2.24) is 9.21 Å². The number of hydrogen-bond donors (Lipinski definition) is 0. The predicted molar refractivity (Wildman–Crippen MR) is 118 cm³/mol. The Morgan fingerprint density at radius 3 is 2.50 bits per heavy atom. The molecule has 2 aromatic rings. The molecule has 1 atom stereocenters. The van der Waals surface area contributed by atoms with Gasteiger partial charge in [-0.05, 0) is 57.0 Å². The first kappa shape index (κ1) is 21.0. The zero-order valence-electron chi connectivity index (χ0n) is 17.6. The van der Waals surface area contributed by atoms with E-state index in [0.29, 0.717) is 37.5 Å². The molecule has 2 aliphatic rings. The second kappa shape index (κ2) is 8.49. The van der Waals surface area contributed by atoms with Gasteiger partial charge >= 0.3 is 0 Å². The van der Waals surface area contributed by atoms with E-state index in [1.165, 1.54) is 5.56 Å². The van der Waals surface area contributed by atoms with Crippen LogP contribution in [0, 0.1) is 6.92 Å². The monoisotopic (exact) mass is 427 g/mol. The van der Waals surface area contributed by atoms with Gasteiger partial charge in [0.25, 0.3) is 0 Å². The highest BCUT2D eigenvalue weighted by Crippen LogP contribution is 2.32. The lowest BCUT2D eigenvalue weighted by atomic mass is 10.1. The molecule has 0 bridgehead atoms. The zero-order valence-corrected chi connectivity index (χ0v) is 18.4. The molecule has 0 spiro atoms. The molecule has 0 saturated carbocycles. The van der Waals surface area contributed by atoms with E-state index in [1.807, 2.05) is 42.2 Å². The molecule has 1 fully saturated rings. The van der Waals surface area contributed by atoms with Crippen molar-refractivity contribution in [2.24, 2.45) is 0 Å². The van der Waals surface area contributed by atoms with E-state index >= 15 is 0 Å². The number of amides is 1. The molecule has 2 aromatic carbocycles. The molecule has 1 unspecified atom stereocenters. The highest BCUT2D eigenvalue weighted by molar-refractivity contribution is 7.89. The lowest BCUT2D eigenvalue weighted by molar-refractivity contribution is -0.120. The van der Waals surface area contributed by atoms with Gasteiger partial charge in [0, 0.05) is 31.4 Å².